The Labute approximate surface area is 114 Å². The van der Waals surface area contributed by atoms with Crippen LogP contribution in [0.25, 0.3) is 0 Å². The van der Waals surface area contributed by atoms with E-state index in [1.165, 1.54) is 58.3 Å². The minimum atomic E-state index is 0.441. The molecule has 2 saturated heterocycles. The van der Waals surface area contributed by atoms with Gasteiger partial charge in [-0.05, 0) is 49.7 Å². The molecule has 0 aromatic carbocycles. The number of rotatable bonds is 3. The van der Waals surface area contributed by atoms with Gasteiger partial charge in [-0.15, -0.1) is 0 Å². The van der Waals surface area contributed by atoms with E-state index in [1.807, 2.05) is 0 Å². The van der Waals surface area contributed by atoms with E-state index in [1.54, 1.807) is 0 Å². The third-order valence-corrected chi connectivity index (χ3v) is 5.88. The van der Waals surface area contributed by atoms with Crippen molar-refractivity contribution in [2.75, 3.05) is 26.2 Å². The third kappa shape index (κ3) is 2.75. The summed E-state index contributed by atoms with van der Waals surface area (Å²) in [6.45, 7) is 14.7. The molecule has 1 atom stereocenters. The van der Waals surface area contributed by atoms with Crippen LogP contribution >= 0.6 is 0 Å². The van der Waals surface area contributed by atoms with Gasteiger partial charge in [0.2, 0.25) is 0 Å². The fourth-order valence-corrected chi connectivity index (χ4v) is 4.10. The molecule has 0 aromatic heterocycles. The number of nitrogens with zero attached hydrogens (tertiary/aromatic N) is 1. The first-order valence-corrected chi connectivity index (χ1v) is 7.98. The van der Waals surface area contributed by atoms with Gasteiger partial charge in [0.25, 0.3) is 0 Å². The van der Waals surface area contributed by atoms with Gasteiger partial charge in [-0.2, -0.15) is 0 Å². The molecule has 2 aliphatic heterocycles. The van der Waals surface area contributed by atoms with Crippen LogP contribution < -0.4 is 5.32 Å². The van der Waals surface area contributed by atoms with Crippen LogP contribution in [0.3, 0.4) is 0 Å². The number of nitrogens with one attached hydrogen (secondary N) is 1. The van der Waals surface area contributed by atoms with Crippen LogP contribution in [-0.4, -0.2) is 37.1 Å². The lowest BCUT2D eigenvalue weighted by molar-refractivity contribution is 0.00568. The zero-order chi connectivity index (χ0) is 13.2. The van der Waals surface area contributed by atoms with Crippen molar-refractivity contribution in [2.45, 2.75) is 65.8 Å². The molecular formula is C16H32N2. The molecule has 2 fully saturated rings. The van der Waals surface area contributed by atoms with E-state index in [0.717, 1.165) is 6.04 Å². The zero-order valence-corrected chi connectivity index (χ0v) is 12.9. The van der Waals surface area contributed by atoms with E-state index in [0.29, 0.717) is 10.8 Å². The van der Waals surface area contributed by atoms with Crippen molar-refractivity contribution in [1.29, 1.82) is 0 Å². The van der Waals surface area contributed by atoms with E-state index in [9.17, 15) is 0 Å². The minimum absolute atomic E-state index is 0.441. The highest BCUT2D eigenvalue weighted by molar-refractivity contribution is 4.95. The standard InChI is InChI=1S/C16H32N2/c1-5-16(6-2)8-11-18(12-9-16)14-7-10-17-13-15(14,3)4/h14,17H,5-13H2,1-4H3. The summed E-state index contributed by atoms with van der Waals surface area (Å²) in [5.74, 6) is 0. The summed E-state index contributed by atoms with van der Waals surface area (Å²) in [4.78, 5) is 2.80. The van der Waals surface area contributed by atoms with E-state index in [2.05, 4.69) is 37.9 Å². The van der Waals surface area contributed by atoms with Crippen LogP contribution in [0.2, 0.25) is 0 Å². The van der Waals surface area contributed by atoms with Crippen molar-refractivity contribution >= 4 is 0 Å². The number of likely N-dealkylation sites (tertiary alicyclic amines) is 1. The smallest absolute Gasteiger partial charge is 0.0171 e. The van der Waals surface area contributed by atoms with Crippen LogP contribution in [0.4, 0.5) is 0 Å². The Balaban J connectivity index is 1.96. The highest BCUT2D eigenvalue weighted by Crippen LogP contribution is 2.40. The van der Waals surface area contributed by atoms with Crippen molar-refractivity contribution < 1.29 is 0 Å². The maximum Gasteiger partial charge on any atom is 0.0171 e. The fraction of sp³-hybridized carbons (Fsp3) is 1.00. The number of hydrogen-bond donors (Lipinski definition) is 1. The monoisotopic (exact) mass is 252 g/mol. The molecule has 2 heteroatoms. The summed E-state index contributed by atoms with van der Waals surface area (Å²) in [5.41, 5.74) is 1.10. The van der Waals surface area contributed by atoms with Crippen molar-refractivity contribution in [2.24, 2.45) is 10.8 Å². The first-order valence-electron chi connectivity index (χ1n) is 7.98. The number of hydrogen-bond acceptors (Lipinski definition) is 2. The van der Waals surface area contributed by atoms with Crippen molar-refractivity contribution in [1.82, 2.24) is 10.2 Å². The Kier molecular flexibility index (Phi) is 4.38. The molecule has 2 heterocycles. The Bertz CT molecular complexity index is 258. The molecule has 1 unspecified atom stereocenters. The molecule has 2 rings (SSSR count). The van der Waals surface area contributed by atoms with Gasteiger partial charge in [0.1, 0.15) is 0 Å². The molecule has 0 radical (unpaired) electrons. The Morgan fingerprint density at radius 2 is 1.72 bits per heavy atom. The van der Waals surface area contributed by atoms with Crippen LogP contribution in [0.5, 0.6) is 0 Å². The second kappa shape index (κ2) is 5.50. The van der Waals surface area contributed by atoms with E-state index < -0.39 is 0 Å². The maximum absolute atomic E-state index is 3.56. The predicted octanol–water partition coefficient (Wildman–Crippen LogP) is 3.28. The first kappa shape index (κ1) is 14.3. The second-order valence-electron chi connectivity index (χ2n) is 7.21. The molecule has 1 N–H and O–H groups in total. The van der Waals surface area contributed by atoms with Gasteiger partial charge in [-0.1, -0.05) is 40.5 Å². The lowest BCUT2D eigenvalue weighted by Crippen LogP contribution is -2.57. The first-order chi connectivity index (χ1) is 8.53. The van der Waals surface area contributed by atoms with Crippen molar-refractivity contribution in [3.05, 3.63) is 0 Å². The highest BCUT2D eigenvalue weighted by atomic mass is 15.2. The van der Waals surface area contributed by atoms with Gasteiger partial charge < -0.3 is 5.32 Å². The van der Waals surface area contributed by atoms with E-state index >= 15 is 0 Å². The summed E-state index contributed by atoms with van der Waals surface area (Å²) in [6, 6.07) is 0.797. The summed E-state index contributed by atoms with van der Waals surface area (Å²) in [7, 11) is 0. The molecule has 106 valence electrons. The Morgan fingerprint density at radius 1 is 1.11 bits per heavy atom. The Hall–Kier alpha value is -0.0800. The molecule has 18 heavy (non-hydrogen) atoms. The van der Waals surface area contributed by atoms with E-state index in [-0.39, 0.29) is 0 Å². The third-order valence-electron chi connectivity index (χ3n) is 5.88. The predicted molar refractivity (Wildman–Crippen MR) is 78.9 cm³/mol. The normalized spacial score (nSPS) is 32.3. The average molecular weight is 252 g/mol. The zero-order valence-electron chi connectivity index (χ0n) is 12.9. The Morgan fingerprint density at radius 3 is 2.22 bits per heavy atom. The molecular weight excluding hydrogens is 220 g/mol. The van der Waals surface area contributed by atoms with Gasteiger partial charge in [0.15, 0.2) is 0 Å². The second-order valence-corrected chi connectivity index (χ2v) is 7.21. The van der Waals surface area contributed by atoms with Crippen LogP contribution in [0, 0.1) is 10.8 Å². The quantitative estimate of drug-likeness (QED) is 0.829. The highest BCUT2D eigenvalue weighted by Gasteiger charge is 2.40. The summed E-state index contributed by atoms with van der Waals surface area (Å²) >= 11 is 0. The van der Waals surface area contributed by atoms with Crippen LogP contribution in [0.15, 0.2) is 0 Å². The summed E-state index contributed by atoms with van der Waals surface area (Å²) in [6.07, 6.45) is 6.90. The van der Waals surface area contributed by atoms with Gasteiger partial charge in [0, 0.05) is 12.6 Å². The molecule has 0 bridgehead atoms. The minimum Gasteiger partial charge on any atom is -0.316 e. The lowest BCUT2D eigenvalue weighted by Gasteiger charge is -2.50. The van der Waals surface area contributed by atoms with Crippen LogP contribution in [-0.2, 0) is 0 Å². The number of piperidine rings is 2. The van der Waals surface area contributed by atoms with Crippen molar-refractivity contribution in [3.8, 4) is 0 Å². The topological polar surface area (TPSA) is 15.3 Å². The lowest BCUT2D eigenvalue weighted by atomic mass is 9.72. The van der Waals surface area contributed by atoms with Crippen LogP contribution in [0.1, 0.15) is 59.8 Å². The summed E-state index contributed by atoms with van der Waals surface area (Å²) in [5, 5.41) is 3.56. The summed E-state index contributed by atoms with van der Waals surface area (Å²) < 4.78 is 0. The molecule has 2 aliphatic rings. The van der Waals surface area contributed by atoms with Crippen molar-refractivity contribution in [3.63, 3.8) is 0 Å². The molecule has 0 aromatic rings. The van der Waals surface area contributed by atoms with Gasteiger partial charge in [0.05, 0.1) is 0 Å². The average Bonchev–Trinajstić information content (AvgIpc) is 2.39. The molecule has 2 nitrogen and oxygen atoms in total. The molecule has 0 amide bonds. The maximum atomic E-state index is 3.56. The van der Waals surface area contributed by atoms with Gasteiger partial charge in [-0.3, -0.25) is 4.90 Å². The SMILES string of the molecule is CCC1(CC)CCN(C2CCNCC2(C)C)CC1. The fourth-order valence-electron chi connectivity index (χ4n) is 4.10. The largest absolute Gasteiger partial charge is 0.316 e. The van der Waals surface area contributed by atoms with E-state index in [4.69, 9.17) is 0 Å². The van der Waals surface area contributed by atoms with Gasteiger partial charge >= 0.3 is 0 Å². The molecule has 0 spiro atoms. The van der Waals surface area contributed by atoms with Gasteiger partial charge in [-0.25, -0.2) is 0 Å². The molecule has 0 saturated carbocycles. The molecule has 0 aliphatic carbocycles.